The molecule has 51 heavy (non-hydrogen) atoms. The standard InChI is InChI=1S/C35H47N7O7S2/c1-23(2)19-41(51(48,49)29-13-11-27(12-14-29)18-36-47)21-31(44)30(17-26-9-7-6-8-10-26)39-33(45)32(24(3)4)42-16-15-40(35(42)46)20-28-22-50-34(38-28)37-25(5)43/h6-14,18,22-24,30-32,44,47H,15-17,19-21H2,1-5H3,(H,39,45)(H,37,38,43)/b36-18+/t30-,31?,32+/m0/s1. The number of amides is 4. The van der Waals surface area contributed by atoms with Crippen molar-refractivity contribution in [1.82, 2.24) is 24.4 Å². The van der Waals surface area contributed by atoms with Crippen molar-refractivity contribution in [2.45, 2.75) is 70.7 Å². The van der Waals surface area contributed by atoms with Gasteiger partial charge in [0.15, 0.2) is 5.13 Å². The second-order valence-electron chi connectivity index (χ2n) is 13.3. The van der Waals surface area contributed by atoms with Crippen molar-refractivity contribution in [2.75, 3.05) is 31.5 Å². The van der Waals surface area contributed by atoms with Gasteiger partial charge in [0.25, 0.3) is 0 Å². The van der Waals surface area contributed by atoms with Crippen LogP contribution in [0.1, 0.15) is 51.4 Å². The highest BCUT2D eigenvalue weighted by molar-refractivity contribution is 7.89. The molecular formula is C35H47N7O7S2. The molecule has 1 saturated heterocycles. The maximum Gasteiger partial charge on any atom is 0.321 e. The number of oxime groups is 1. The van der Waals surface area contributed by atoms with Crippen LogP contribution in [0, 0.1) is 11.8 Å². The van der Waals surface area contributed by atoms with Crippen LogP contribution in [0.15, 0.2) is 70.0 Å². The number of carbonyl (C=O) groups excluding carboxylic acids is 3. The van der Waals surface area contributed by atoms with Gasteiger partial charge in [0.05, 0.1) is 35.5 Å². The molecule has 0 spiro atoms. The fourth-order valence-electron chi connectivity index (χ4n) is 5.97. The van der Waals surface area contributed by atoms with E-state index in [9.17, 15) is 27.9 Å². The van der Waals surface area contributed by atoms with E-state index in [2.05, 4.69) is 20.8 Å². The van der Waals surface area contributed by atoms with Gasteiger partial charge >= 0.3 is 6.03 Å². The van der Waals surface area contributed by atoms with Crippen molar-refractivity contribution in [3.8, 4) is 0 Å². The number of sulfonamides is 1. The second-order valence-corrected chi connectivity index (χ2v) is 16.1. The van der Waals surface area contributed by atoms with E-state index in [0.717, 1.165) is 5.56 Å². The molecule has 1 aliphatic rings. The molecule has 14 nitrogen and oxygen atoms in total. The van der Waals surface area contributed by atoms with Crippen LogP contribution in [0.4, 0.5) is 9.93 Å². The van der Waals surface area contributed by atoms with Gasteiger partial charge in [0.1, 0.15) is 6.04 Å². The van der Waals surface area contributed by atoms with E-state index in [-0.39, 0.29) is 54.7 Å². The number of aliphatic hydroxyl groups excluding tert-OH is 1. The molecule has 0 bridgehead atoms. The lowest BCUT2D eigenvalue weighted by atomic mass is 9.97. The number of thiazole rings is 1. The molecule has 3 aromatic rings. The summed E-state index contributed by atoms with van der Waals surface area (Å²) in [5, 5.41) is 31.4. The summed E-state index contributed by atoms with van der Waals surface area (Å²) in [5.74, 6) is -1.06. The zero-order valence-electron chi connectivity index (χ0n) is 29.5. The van der Waals surface area contributed by atoms with Crippen molar-refractivity contribution < 1.29 is 33.1 Å². The Kier molecular flexibility index (Phi) is 13.7. The Morgan fingerprint density at radius 2 is 1.75 bits per heavy atom. The Labute approximate surface area is 303 Å². The van der Waals surface area contributed by atoms with Crippen molar-refractivity contribution in [2.24, 2.45) is 17.0 Å². The highest BCUT2D eigenvalue weighted by Gasteiger charge is 2.40. The lowest BCUT2D eigenvalue weighted by Crippen LogP contribution is -2.57. The molecular weight excluding hydrogens is 695 g/mol. The van der Waals surface area contributed by atoms with Crippen LogP contribution in [0.2, 0.25) is 0 Å². The van der Waals surface area contributed by atoms with E-state index < -0.39 is 34.1 Å². The van der Waals surface area contributed by atoms with Gasteiger partial charge in [-0.15, -0.1) is 11.3 Å². The number of aromatic nitrogens is 1. The fourth-order valence-corrected chi connectivity index (χ4v) is 8.34. The maximum atomic E-state index is 14.1. The fraction of sp³-hybridized carbons (Fsp3) is 0.457. The smallest absolute Gasteiger partial charge is 0.321 e. The van der Waals surface area contributed by atoms with Crippen molar-refractivity contribution in [3.05, 3.63) is 76.8 Å². The third-order valence-corrected chi connectivity index (χ3v) is 11.0. The molecule has 4 amide bonds. The summed E-state index contributed by atoms with van der Waals surface area (Å²) in [5.41, 5.74) is 1.95. The number of carbonyl (C=O) groups is 3. The topological polar surface area (TPSA) is 185 Å². The largest absolute Gasteiger partial charge is 0.411 e. The molecule has 4 rings (SSSR count). The van der Waals surface area contributed by atoms with E-state index in [1.54, 1.807) is 10.3 Å². The molecule has 16 heteroatoms. The van der Waals surface area contributed by atoms with Crippen LogP contribution in [0.5, 0.6) is 0 Å². The molecule has 0 saturated carbocycles. The number of urea groups is 1. The van der Waals surface area contributed by atoms with Gasteiger partial charge < -0.3 is 30.7 Å². The lowest BCUT2D eigenvalue weighted by molar-refractivity contribution is -0.128. The second kappa shape index (κ2) is 17.7. The number of hydrogen-bond donors (Lipinski definition) is 4. The summed E-state index contributed by atoms with van der Waals surface area (Å²) in [6, 6.07) is 13.0. The summed E-state index contributed by atoms with van der Waals surface area (Å²) in [6.07, 6.45) is 0.0838. The van der Waals surface area contributed by atoms with Crippen molar-refractivity contribution >= 4 is 50.6 Å². The van der Waals surface area contributed by atoms with E-state index >= 15 is 0 Å². The van der Waals surface area contributed by atoms with E-state index in [4.69, 9.17) is 5.21 Å². The predicted molar refractivity (Wildman–Crippen MR) is 195 cm³/mol. The zero-order valence-corrected chi connectivity index (χ0v) is 31.1. The summed E-state index contributed by atoms with van der Waals surface area (Å²) >= 11 is 1.26. The molecule has 1 aromatic heterocycles. The Morgan fingerprint density at radius 1 is 1.06 bits per heavy atom. The molecule has 2 aromatic carbocycles. The number of rotatable bonds is 17. The minimum absolute atomic E-state index is 0.00930. The van der Waals surface area contributed by atoms with Crippen LogP contribution in [0.3, 0.4) is 0 Å². The lowest BCUT2D eigenvalue weighted by Gasteiger charge is -2.34. The van der Waals surface area contributed by atoms with Gasteiger partial charge in [-0.3, -0.25) is 9.59 Å². The van der Waals surface area contributed by atoms with E-state index in [1.807, 2.05) is 58.0 Å². The quantitative estimate of drug-likeness (QED) is 0.0919. The molecule has 1 aliphatic heterocycles. The molecule has 1 fully saturated rings. The molecule has 3 atom stereocenters. The highest BCUT2D eigenvalue weighted by atomic mass is 32.2. The van der Waals surface area contributed by atoms with Crippen LogP contribution in [-0.4, -0.2) is 106 Å². The molecule has 0 aliphatic carbocycles. The first-order valence-electron chi connectivity index (χ1n) is 16.8. The third kappa shape index (κ3) is 10.6. The third-order valence-electron chi connectivity index (χ3n) is 8.33. The van der Waals surface area contributed by atoms with Gasteiger partial charge in [0.2, 0.25) is 21.8 Å². The Morgan fingerprint density at radius 3 is 2.35 bits per heavy atom. The SMILES string of the molecule is CC(=O)Nc1nc(CN2CCN([C@@H](C(=O)N[C@@H](Cc3ccccc3)C(O)CN(CC(C)C)S(=O)(=O)c3ccc(/C=N/O)cc3)C(C)C)C2=O)cs1. The number of nitrogens with zero attached hydrogens (tertiary/aromatic N) is 5. The summed E-state index contributed by atoms with van der Waals surface area (Å²) in [7, 11) is -4.07. The molecule has 0 radical (unpaired) electrons. The number of anilines is 1. The Balaban J connectivity index is 1.55. The molecule has 1 unspecified atom stereocenters. The Hall–Kier alpha value is -4.38. The summed E-state index contributed by atoms with van der Waals surface area (Å²) in [6.45, 7) is 9.53. The van der Waals surface area contributed by atoms with E-state index in [1.165, 1.54) is 57.9 Å². The first-order chi connectivity index (χ1) is 24.2. The van der Waals surface area contributed by atoms with Gasteiger partial charge in [-0.25, -0.2) is 18.2 Å². The number of aliphatic hydroxyl groups is 1. The normalized spacial score (nSPS) is 15.6. The number of benzene rings is 2. The van der Waals surface area contributed by atoms with Crippen LogP contribution < -0.4 is 10.6 Å². The highest BCUT2D eigenvalue weighted by Crippen LogP contribution is 2.24. The Bertz CT molecular complexity index is 1770. The minimum Gasteiger partial charge on any atom is -0.411 e. The predicted octanol–water partition coefficient (Wildman–Crippen LogP) is 3.61. The van der Waals surface area contributed by atoms with Crippen molar-refractivity contribution in [3.63, 3.8) is 0 Å². The van der Waals surface area contributed by atoms with E-state index in [0.29, 0.717) is 29.5 Å². The van der Waals surface area contributed by atoms with Crippen molar-refractivity contribution in [1.29, 1.82) is 0 Å². The monoisotopic (exact) mass is 741 g/mol. The molecule has 2 heterocycles. The minimum atomic E-state index is -4.07. The van der Waals surface area contributed by atoms with Gasteiger partial charge in [-0.2, -0.15) is 4.31 Å². The van der Waals surface area contributed by atoms with Gasteiger partial charge in [0, 0.05) is 38.5 Å². The summed E-state index contributed by atoms with van der Waals surface area (Å²) < 4.78 is 29.0. The number of hydrogen-bond acceptors (Lipinski definition) is 10. The van der Waals surface area contributed by atoms with Crippen LogP contribution in [0.25, 0.3) is 0 Å². The number of nitrogens with one attached hydrogen (secondary N) is 2. The molecule has 276 valence electrons. The zero-order chi connectivity index (χ0) is 37.3. The maximum absolute atomic E-state index is 14.1. The first-order valence-corrected chi connectivity index (χ1v) is 19.1. The summed E-state index contributed by atoms with van der Waals surface area (Å²) in [4.78, 5) is 46.7. The first kappa shape index (κ1) is 39.4. The molecule has 4 N–H and O–H groups in total. The van der Waals surface area contributed by atoms with Gasteiger partial charge in [-0.1, -0.05) is 75.3 Å². The van der Waals surface area contributed by atoms with Crippen LogP contribution in [-0.2, 0) is 32.6 Å². The average molecular weight is 742 g/mol. The van der Waals surface area contributed by atoms with Gasteiger partial charge in [-0.05, 0) is 41.5 Å². The van der Waals surface area contributed by atoms with Crippen LogP contribution >= 0.6 is 11.3 Å². The average Bonchev–Trinajstić information content (AvgIpc) is 3.66.